The number of hydrogen-bond donors (Lipinski definition) is 1. The lowest BCUT2D eigenvalue weighted by molar-refractivity contribution is 0.0623. The molecule has 0 unspecified atom stereocenters. The number of piperazine rings is 1. The van der Waals surface area contributed by atoms with Gasteiger partial charge in [0.25, 0.3) is 5.91 Å². The summed E-state index contributed by atoms with van der Waals surface area (Å²) in [6.45, 7) is 5.53. The van der Waals surface area contributed by atoms with Gasteiger partial charge in [0.1, 0.15) is 5.69 Å². The molecule has 7 nitrogen and oxygen atoms in total. The second kappa shape index (κ2) is 6.84. The minimum absolute atomic E-state index is 0.0474. The third-order valence-corrected chi connectivity index (χ3v) is 4.82. The number of nitrogens with zero attached hydrogens (tertiary/aromatic N) is 2. The summed E-state index contributed by atoms with van der Waals surface area (Å²) in [6.07, 6.45) is 1.59. The second-order valence-corrected chi connectivity index (χ2v) is 6.61. The number of benzene rings is 1. The van der Waals surface area contributed by atoms with Crippen molar-refractivity contribution in [3.8, 4) is 11.5 Å². The lowest BCUT2D eigenvalue weighted by Gasteiger charge is -2.34. The molecule has 1 N–H and O–H groups in total. The van der Waals surface area contributed by atoms with E-state index in [1.54, 1.807) is 12.3 Å². The van der Waals surface area contributed by atoms with Crippen LogP contribution < -0.4 is 9.47 Å². The van der Waals surface area contributed by atoms with E-state index in [-0.39, 0.29) is 18.5 Å². The number of H-pyrrole nitrogens is 1. The predicted octanol–water partition coefficient (Wildman–Crippen LogP) is 1.90. The van der Waals surface area contributed by atoms with Crippen molar-refractivity contribution >= 4 is 11.7 Å². The third kappa shape index (κ3) is 3.30. The first-order chi connectivity index (χ1) is 12.6. The Kier molecular flexibility index (Phi) is 4.38. The number of aromatic amines is 1. The quantitative estimate of drug-likeness (QED) is 0.848. The molecule has 1 aromatic heterocycles. The molecule has 4 rings (SSSR count). The van der Waals surface area contributed by atoms with Gasteiger partial charge in [0, 0.05) is 44.5 Å². The van der Waals surface area contributed by atoms with Gasteiger partial charge in [0.15, 0.2) is 17.3 Å². The molecular formula is C19H21N3O4. The van der Waals surface area contributed by atoms with Gasteiger partial charge >= 0.3 is 0 Å². The highest BCUT2D eigenvalue weighted by Gasteiger charge is 2.24. The van der Waals surface area contributed by atoms with Gasteiger partial charge < -0.3 is 19.4 Å². The molecular weight excluding hydrogens is 334 g/mol. The molecule has 0 atom stereocenters. The summed E-state index contributed by atoms with van der Waals surface area (Å²) < 4.78 is 10.8. The van der Waals surface area contributed by atoms with Crippen LogP contribution in [0.2, 0.25) is 0 Å². The van der Waals surface area contributed by atoms with Crippen LogP contribution in [0, 0.1) is 0 Å². The molecule has 2 aliphatic heterocycles. The minimum atomic E-state index is -0.0553. The maximum absolute atomic E-state index is 12.6. The Bertz CT molecular complexity index is 837. The first-order valence-electron chi connectivity index (χ1n) is 8.69. The van der Waals surface area contributed by atoms with Crippen LogP contribution in [0.3, 0.4) is 0 Å². The van der Waals surface area contributed by atoms with E-state index in [1.807, 2.05) is 23.1 Å². The average Bonchev–Trinajstić information content (AvgIpc) is 3.31. The summed E-state index contributed by atoms with van der Waals surface area (Å²) in [5.41, 5.74) is 2.18. The third-order valence-electron chi connectivity index (χ3n) is 4.82. The van der Waals surface area contributed by atoms with E-state index >= 15 is 0 Å². The summed E-state index contributed by atoms with van der Waals surface area (Å²) >= 11 is 0. The molecule has 0 radical (unpaired) electrons. The van der Waals surface area contributed by atoms with Gasteiger partial charge in [-0.3, -0.25) is 14.5 Å². The van der Waals surface area contributed by atoms with Crippen LogP contribution in [0.5, 0.6) is 11.5 Å². The van der Waals surface area contributed by atoms with E-state index in [9.17, 15) is 9.59 Å². The largest absolute Gasteiger partial charge is 0.454 e. The Balaban J connectivity index is 1.33. The molecule has 0 aliphatic carbocycles. The molecule has 0 bridgehead atoms. The number of aromatic nitrogens is 1. The van der Waals surface area contributed by atoms with Gasteiger partial charge in [0.2, 0.25) is 6.79 Å². The van der Waals surface area contributed by atoms with Crippen molar-refractivity contribution in [3.05, 3.63) is 47.3 Å². The number of ether oxygens (including phenoxy) is 2. The molecule has 2 aliphatic rings. The van der Waals surface area contributed by atoms with Crippen LogP contribution in [-0.2, 0) is 6.54 Å². The van der Waals surface area contributed by atoms with Crippen molar-refractivity contribution in [1.82, 2.24) is 14.8 Å². The first-order valence-corrected chi connectivity index (χ1v) is 8.69. The van der Waals surface area contributed by atoms with Crippen molar-refractivity contribution in [1.29, 1.82) is 0 Å². The van der Waals surface area contributed by atoms with Crippen molar-refractivity contribution in [2.45, 2.75) is 13.5 Å². The number of rotatable bonds is 4. The summed E-state index contributed by atoms with van der Waals surface area (Å²) in [6, 6.07) is 7.63. The number of nitrogens with one attached hydrogen (secondary N) is 1. The van der Waals surface area contributed by atoms with E-state index in [2.05, 4.69) is 9.88 Å². The molecule has 1 fully saturated rings. The van der Waals surface area contributed by atoms with Crippen LogP contribution in [0.1, 0.15) is 33.3 Å². The van der Waals surface area contributed by atoms with Crippen LogP contribution in [0.4, 0.5) is 0 Å². The SMILES string of the molecule is CC(=O)c1c[nH]c(C(=O)N2CCN(Cc3ccc4c(c3)OCO4)CC2)c1. The van der Waals surface area contributed by atoms with Crippen molar-refractivity contribution in [2.24, 2.45) is 0 Å². The Morgan fingerprint density at radius 1 is 1.08 bits per heavy atom. The van der Waals surface area contributed by atoms with Gasteiger partial charge in [0.05, 0.1) is 0 Å². The molecule has 0 spiro atoms. The maximum Gasteiger partial charge on any atom is 0.270 e. The Morgan fingerprint density at radius 3 is 2.58 bits per heavy atom. The van der Waals surface area contributed by atoms with Crippen LogP contribution in [0.25, 0.3) is 0 Å². The molecule has 0 saturated carbocycles. The highest BCUT2D eigenvalue weighted by Crippen LogP contribution is 2.32. The van der Waals surface area contributed by atoms with Gasteiger partial charge in [-0.25, -0.2) is 0 Å². The average molecular weight is 355 g/mol. The lowest BCUT2D eigenvalue weighted by atomic mass is 10.1. The minimum Gasteiger partial charge on any atom is -0.454 e. The van der Waals surface area contributed by atoms with Gasteiger partial charge in [-0.05, 0) is 30.7 Å². The fraction of sp³-hybridized carbons (Fsp3) is 0.368. The molecule has 3 heterocycles. The standard InChI is InChI=1S/C19H21N3O4/c1-13(23)15-9-16(20-10-15)19(24)22-6-4-21(5-7-22)11-14-2-3-17-18(8-14)26-12-25-17/h2-3,8-10,20H,4-7,11-12H2,1H3. The predicted molar refractivity (Wildman–Crippen MR) is 94.5 cm³/mol. The number of Topliss-reactive ketones (excluding diaryl/α,β-unsaturated/α-hetero) is 1. The number of amides is 1. The fourth-order valence-electron chi connectivity index (χ4n) is 3.30. The molecule has 26 heavy (non-hydrogen) atoms. The number of carbonyl (C=O) groups is 2. The Labute approximate surface area is 151 Å². The molecule has 1 saturated heterocycles. The maximum atomic E-state index is 12.6. The Hall–Kier alpha value is -2.80. The molecule has 136 valence electrons. The van der Waals surface area contributed by atoms with Crippen LogP contribution in [-0.4, -0.2) is 59.4 Å². The summed E-state index contributed by atoms with van der Waals surface area (Å²) in [4.78, 5) is 31.0. The number of carbonyl (C=O) groups excluding carboxylic acids is 2. The van der Waals surface area contributed by atoms with E-state index in [0.29, 0.717) is 24.3 Å². The molecule has 1 amide bonds. The number of ketones is 1. The van der Waals surface area contributed by atoms with E-state index in [4.69, 9.17) is 9.47 Å². The number of hydrogen-bond acceptors (Lipinski definition) is 5. The first kappa shape index (κ1) is 16.7. The van der Waals surface area contributed by atoms with Gasteiger partial charge in [-0.1, -0.05) is 6.07 Å². The Morgan fingerprint density at radius 2 is 1.85 bits per heavy atom. The lowest BCUT2D eigenvalue weighted by Crippen LogP contribution is -2.48. The van der Waals surface area contributed by atoms with Crippen molar-refractivity contribution < 1.29 is 19.1 Å². The second-order valence-electron chi connectivity index (χ2n) is 6.61. The zero-order chi connectivity index (χ0) is 18.1. The highest BCUT2D eigenvalue weighted by molar-refractivity contribution is 5.99. The molecule has 2 aromatic rings. The van der Waals surface area contributed by atoms with Crippen LogP contribution >= 0.6 is 0 Å². The van der Waals surface area contributed by atoms with Crippen molar-refractivity contribution in [3.63, 3.8) is 0 Å². The summed E-state index contributed by atoms with van der Waals surface area (Å²) in [5.74, 6) is 1.48. The normalized spacial score (nSPS) is 16.7. The van der Waals surface area contributed by atoms with E-state index in [1.165, 1.54) is 12.5 Å². The smallest absolute Gasteiger partial charge is 0.270 e. The summed E-state index contributed by atoms with van der Waals surface area (Å²) in [7, 11) is 0. The number of fused-ring (bicyclic) bond motifs is 1. The van der Waals surface area contributed by atoms with E-state index in [0.717, 1.165) is 31.1 Å². The highest BCUT2D eigenvalue weighted by atomic mass is 16.7. The zero-order valence-electron chi connectivity index (χ0n) is 14.7. The topological polar surface area (TPSA) is 74.9 Å². The van der Waals surface area contributed by atoms with Gasteiger partial charge in [-0.15, -0.1) is 0 Å². The molecule has 1 aromatic carbocycles. The zero-order valence-corrected chi connectivity index (χ0v) is 14.7. The monoisotopic (exact) mass is 355 g/mol. The van der Waals surface area contributed by atoms with E-state index < -0.39 is 0 Å². The fourth-order valence-corrected chi connectivity index (χ4v) is 3.30. The van der Waals surface area contributed by atoms with Crippen molar-refractivity contribution in [2.75, 3.05) is 33.0 Å². The van der Waals surface area contributed by atoms with Crippen LogP contribution in [0.15, 0.2) is 30.5 Å². The van der Waals surface area contributed by atoms with Gasteiger partial charge in [-0.2, -0.15) is 0 Å². The molecule has 7 heteroatoms. The summed E-state index contributed by atoms with van der Waals surface area (Å²) in [5, 5.41) is 0.